The average molecular weight is 355 g/mol. The Morgan fingerprint density at radius 1 is 1.59 bits per heavy atom. The van der Waals surface area contributed by atoms with E-state index in [1.54, 1.807) is 19.9 Å². The molecule has 0 aliphatic heterocycles. The van der Waals surface area contributed by atoms with Crippen molar-refractivity contribution in [2.75, 3.05) is 6.61 Å². The zero-order valence-corrected chi connectivity index (χ0v) is 11.6. The molecule has 0 aliphatic carbocycles. The van der Waals surface area contributed by atoms with Crippen molar-refractivity contribution in [3.8, 4) is 0 Å². The first-order valence-corrected chi connectivity index (χ1v) is 6.13. The maximum Gasteiger partial charge on any atom is 0.311 e. The summed E-state index contributed by atoms with van der Waals surface area (Å²) in [6.45, 7) is 3.48. The van der Waals surface area contributed by atoms with Crippen LogP contribution in [-0.2, 0) is 16.0 Å². The zero-order chi connectivity index (χ0) is 13.0. The van der Waals surface area contributed by atoms with Crippen molar-refractivity contribution < 1.29 is 18.3 Å². The summed E-state index contributed by atoms with van der Waals surface area (Å²) in [5, 5.41) is 0. The molecule has 0 spiro atoms. The third kappa shape index (κ3) is 3.86. The molecule has 0 saturated carbocycles. The summed E-state index contributed by atoms with van der Waals surface area (Å²) in [4.78, 5) is 15.3. The molecule has 0 N–H and O–H groups in total. The van der Waals surface area contributed by atoms with Gasteiger partial charge >= 0.3 is 5.97 Å². The fourth-order valence-electron chi connectivity index (χ4n) is 1.49. The van der Waals surface area contributed by atoms with Crippen LogP contribution < -0.4 is 0 Å². The molecule has 6 heteroatoms. The molecule has 0 bridgehead atoms. The predicted molar refractivity (Wildman–Crippen MR) is 67.0 cm³/mol. The van der Waals surface area contributed by atoms with Crippen LogP contribution >= 0.6 is 22.6 Å². The largest absolute Gasteiger partial charge is 0.466 e. The van der Waals surface area contributed by atoms with Gasteiger partial charge in [-0.05, 0) is 48.1 Å². The summed E-state index contributed by atoms with van der Waals surface area (Å²) in [5.74, 6) is -0.539. The molecule has 0 aromatic carbocycles. The van der Waals surface area contributed by atoms with Gasteiger partial charge in [0.25, 0.3) is 6.43 Å². The maximum absolute atomic E-state index is 12.9. The van der Waals surface area contributed by atoms with Crippen molar-refractivity contribution in [1.82, 2.24) is 4.98 Å². The Kier molecular flexibility index (Phi) is 5.23. The number of hydrogen-bond donors (Lipinski definition) is 0. The molecule has 0 unspecified atom stereocenters. The van der Waals surface area contributed by atoms with Crippen molar-refractivity contribution in [1.29, 1.82) is 0 Å². The van der Waals surface area contributed by atoms with Gasteiger partial charge in [-0.3, -0.25) is 4.79 Å². The smallest absolute Gasteiger partial charge is 0.311 e. The van der Waals surface area contributed by atoms with Gasteiger partial charge in [0.15, 0.2) is 0 Å². The summed E-state index contributed by atoms with van der Waals surface area (Å²) in [6.07, 6.45) is -2.85. The molecule has 0 atom stereocenters. The number of rotatable bonds is 4. The molecule has 0 fully saturated rings. The quantitative estimate of drug-likeness (QED) is 0.474. The van der Waals surface area contributed by atoms with Crippen molar-refractivity contribution >= 4 is 28.6 Å². The molecule has 1 aromatic heterocycles. The number of aryl methyl sites for hydroxylation is 1. The van der Waals surface area contributed by atoms with Crippen molar-refractivity contribution in [2.45, 2.75) is 26.7 Å². The van der Waals surface area contributed by atoms with E-state index in [0.29, 0.717) is 9.26 Å². The van der Waals surface area contributed by atoms with E-state index in [0.717, 1.165) is 0 Å². The molecule has 1 rings (SSSR count). The van der Waals surface area contributed by atoms with E-state index in [2.05, 4.69) is 4.98 Å². The van der Waals surface area contributed by atoms with Gasteiger partial charge in [0.2, 0.25) is 0 Å². The first-order chi connectivity index (χ1) is 7.95. The van der Waals surface area contributed by atoms with Crippen LogP contribution in [-0.4, -0.2) is 17.6 Å². The van der Waals surface area contributed by atoms with Crippen LogP contribution in [0.25, 0.3) is 0 Å². The first kappa shape index (κ1) is 14.3. The van der Waals surface area contributed by atoms with Crippen LogP contribution in [0.2, 0.25) is 0 Å². The normalized spacial score (nSPS) is 10.7. The Bertz CT molecular complexity index is 424. The Hall–Kier alpha value is -0.790. The minimum absolute atomic E-state index is 0.0999. The van der Waals surface area contributed by atoms with E-state index < -0.39 is 12.4 Å². The van der Waals surface area contributed by atoms with Crippen molar-refractivity contribution in [2.24, 2.45) is 0 Å². The third-order valence-corrected chi connectivity index (χ3v) is 2.70. The monoisotopic (exact) mass is 355 g/mol. The Balaban J connectivity index is 3.08. The summed E-state index contributed by atoms with van der Waals surface area (Å²) < 4.78 is 31.0. The van der Waals surface area contributed by atoms with E-state index in [-0.39, 0.29) is 24.3 Å². The van der Waals surface area contributed by atoms with Gasteiger partial charge in [0.1, 0.15) is 3.70 Å². The van der Waals surface area contributed by atoms with E-state index >= 15 is 0 Å². The highest BCUT2D eigenvalue weighted by atomic mass is 127. The topological polar surface area (TPSA) is 39.2 Å². The van der Waals surface area contributed by atoms with E-state index in [1.807, 2.05) is 22.6 Å². The van der Waals surface area contributed by atoms with E-state index in [4.69, 9.17) is 4.74 Å². The molecule has 3 nitrogen and oxygen atoms in total. The van der Waals surface area contributed by atoms with Gasteiger partial charge in [0, 0.05) is 5.56 Å². The lowest BCUT2D eigenvalue weighted by Crippen LogP contribution is -2.12. The lowest BCUT2D eigenvalue weighted by Gasteiger charge is -2.11. The standard InChI is InChI=1S/C11H12F2INO2/c1-3-17-9(16)5-7-10(11(12)13)6(2)4-8(14)15-7/h4,11H,3,5H2,1-2H3. The number of hydrogen-bond acceptors (Lipinski definition) is 3. The minimum atomic E-state index is -2.64. The first-order valence-electron chi connectivity index (χ1n) is 5.05. The molecule has 94 valence electrons. The van der Waals surface area contributed by atoms with E-state index in [9.17, 15) is 13.6 Å². The summed E-state index contributed by atoms with van der Waals surface area (Å²) in [7, 11) is 0. The highest BCUT2D eigenvalue weighted by Gasteiger charge is 2.20. The Morgan fingerprint density at radius 3 is 2.76 bits per heavy atom. The summed E-state index contributed by atoms with van der Waals surface area (Å²) >= 11 is 1.93. The second-order valence-corrected chi connectivity index (χ2v) is 4.51. The van der Waals surface area contributed by atoms with Gasteiger partial charge in [-0.15, -0.1) is 0 Å². The number of pyridine rings is 1. The molecule has 1 aromatic rings. The highest BCUT2D eigenvalue weighted by molar-refractivity contribution is 14.1. The number of aromatic nitrogens is 1. The number of carbonyl (C=O) groups excluding carboxylic acids is 1. The van der Waals surface area contributed by atoms with Crippen LogP contribution in [0.4, 0.5) is 8.78 Å². The highest BCUT2D eigenvalue weighted by Crippen LogP contribution is 2.27. The number of ether oxygens (including phenoxy) is 1. The molecule has 1 heterocycles. The average Bonchev–Trinajstić information content (AvgIpc) is 2.15. The second kappa shape index (κ2) is 6.23. The molecule has 0 amide bonds. The Labute approximate surface area is 112 Å². The van der Waals surface area contributed by atoms with Crippen molar-refractivity contribution in [3.05, 3.63) is 26.6 Å². The second-order valence-electron chi connectivity index (χ2n) is 3.40. The minimum Gasteiger partial charge on any atom is -0.466 e. The maximum atomic E-state index is 12.9. The molecule has 17 heavy (non-hydrogen) atoms. The van der Waals surface area contributed by atoms with E-state index in [1.165, 1.54) is 0 Å². The van der Waals surface area contributed by atoms with Gasteiger partial charge in [0.05, 0.1) is 18.7 Å². The molecule has 0 saturated heterocycles. The van der Waals surface area contributed by atoms with Crippen LogP contribution in [0.15, 0.2) is 6.07 Å². The lowest BCUT2D eigenvalue weighted by molar-refractivity contribution is -0.142. The number of halogens is 3. The molecular formula is C11H12F2INO2. The fourth-order valence-corrected chi connectivity index (χ4v) is 2.25. The summed E-state index contributed by atoms with van der Waals surface area (Å²) in [6, 6.07) is 1.57. The van der Waals surface area contributed by atoms with Gasteiger partial charge < -0.3 is 4.74 Å². The number of esters is 1. The predicted octanol–water partition coefficient (Wildman–Crippen LogP) is 3.04. The summed E-state index contributed by atoms with van der Waals surface area (Å²) in [5.41, 5.74) is 0.375. The third-order valence-electron chi connectivity index (χ3n) is 2.15. The van der Waals surface area contributed by atoms with Crippen LogP contribution in [0, 0.1) is 10.6 Å². The van der Waals surface area contributed by atoms with Crippen LogP contribution in [0.5, 0.6) is 0 Å². The molecule has 0 aliphatic rings. The fraction of sp³-hybridized carbons (Fsp3) is 0.455. The van der Waals surface area contributed by atoms with Gasteiger partial charge in [-0.2, -0.15) is 0 Å². The SMILES string of the molecule is CCOC(=O)Cc1nc(I)cc(C)c1C(F)F. The van der Waals surface area contributed by atoms with Crippen LogP contribution in [0.1, 0.15) is 30.2 Å². The number of alkyl halides is 2. The number of nitrogens with zero attached hydrogens (tertiary/aromatic N) is 1. The Morgan fingerprint density at radius 2 is 2.24 bits per heavy atom. The van der Waals surface area contributed by atoms with Gasteiger partial charge in [-0.1, -0.05) is 0 Å². The zero-order valence-electron chi connectivity index (χ0n) is 9.47. The molecule has 0 radical (unpaired) electrons. The van der Waals surface area contributed by atoms with Gasteiger partial charge in [-0.25, -0.2) is 13.8 Å². The number of carbonyl (C=O) groups is 1. The molecular weight excluding hydrogens is 343 g/mol. The van der Waals surface area contributed by atoms with Crippen molar-refractivity contribution in [3.63, 3.8) is 0 Å². The lowest BCUT2D eigenvalue weighted by atomic mass is 10.1. The van der Waals surface area contributed by atoms with Crippen LogP contribution in [0.3, 0.4) is 0 Å².